The van der Waals surface area contributed by atoms with Crippen molar-refractivity contribution >= 4 is 9.52 Å². The van der Waals surface area contributed by atoms with E-state index in [-0.39, 0.29) is 9.52 Å². The zero-order valence-corrected chi connectivity index (χ0v) is 13.8. The van der Waals surface area contributed by atoms with Crippen molar-refractivity contribution in [1.82, 2.24) is 9.80 Å². The Kier molecular flexibility index (Phi) is 10.9. The van der Waals surface area contributed by atoms with Gasteiger partial charge in [0.05, 0.1) is 6.17 Å². The summed E-state index contributed by atoms with van der Waals surface area (Å²) in [5.74, 6) is 0. The molecule has 0 unspecified atom stereocenters. The van der Waals surface area contributed by atoms with Crippen molar-refractivity contribution in [3.8, 4) is 0 Å². The summed E-state index contributed by atoms with van der Waals surface area (Å²) < 4.78 is 0. The second kappa shape index (κ2) is 11.0. The first-order chi connectivity index (χ1) is 8.24. The highest BCUT2D eigenvalue weighted by atomic mass is 28.2. The highest BCUT2D eigenvalue weighted by molar-refractivity contribution is 6.41. The Hall–Kier alpha value is -0.123. The van der Waals surface area contributed by atoms with E-state index in [0.717, 1.165) is 0 Å². The SMILES string of the molecule is C=C[SiH2]CC(N(CC)CCC)N(CC)CCC. The van der Waals surface area contributed by atoms with Gasteiger partial charge in [0.1, 0.15) is 0 Å². The summed E-state index contributed by atoms with van der Waals surface area (Å²) >= 11 is 0. The maximum atomic E-state index is 3.92. The molecule has 3 heteroatoms. The summed E-state index contributed by atoms with van der Waals surface area (Å²) in [6, 6.07) is 1.35. The maximum Gasteiger partial charge on any atom is 0.0595 e. The average Bonchev–Trinajstić information content (AvgIpc) is 2.36. The van der Waals surface area contributed by atoms with E-state index in [1.807, 2.05) is 0 Å². The lowest BCUT2D eigenvalue weighted by atomic mass is 10.3. The van der Waals surface area contributed by atoms with E-state index in [1.54, 1.807) is 0 Å². The van der Waals surface area contributed by atoms with Gasteiger partial charge in [-0.2, -0.15) is 0 Å². The van der Waals surface area contributed by atoms with Crippen molar-refractivity contribution in [2.24, 2.45) is 0 Å². The first-order valence-corrected chi connectivity index (χ1v) is 9.15. The molecule has 0 atom stereocenters. The Morgan fingerprint density at radius 2 is 1.47 bits per heavy atom. The Labute approximate surface area is 111 Å². The Morgan fingerprint density at radius 1 is 1.00 bits per heavy atom. The lowest BCUT2D eigenvalue weighted by molar-refractivity contribution is 0.0627. The minimum absolute atomic E-state index is 0.0834. The molecule has 0 aromatic carbocycles. The largest absolute Gasteiger partial charge is 0.288 e. The molecule has 17 heavy (non-hydrogen) atoms. The molecule has 0 spiro atoms. The molecule has 0 fully saturated rings. The summed E-state index contributed by atoms with van der Waals surface area (Å²) in [5.41, 5.74) is 2.19. The highest BCUT2D eigenvalue weighted by Crippen LogP contribution is 2.12. The molecule has 102 valence electrons. The lowest BCUT2D eigenvalue weighted by Gasteiger charge is -2.39. The normalized spacial score (nSPS) is 12.4. The van der Waals surface area contributed by atoms with E-state index in [0.29, 0.717) is 6.17 Å². The fourth-order valence-electron chi connectivity index (χ4n) is 2.47. The molecule has 0 radical (unpaired) electrons. The molecule has 0 aromatic heterocycles. The van der Waals surface area contributed by atoms with Gasteiger partial charge in [0, 0.05) is 9.52 Å². The van der Waals surface area contributed by atoms with E-state index in [2.05, 4.69) is 49.8 Å². The molecule has 0 saturated carbocycles. The van der Waals surface area contributed by atoms with Gasteiger partial charge in [-0.3, -0.25) is 9.80 Å². The van der Waals surface area contributed by atoms with Crippen LogP contribution >= 0.6 is 0 Å². The van der Waals surface area contributed by atoms with E-state index < -0.39 is 0 Å². The van der Waals surface area contributed by atoms with Crippen LogP contribution in [0, 0.1) is 0 Å². The molecule has 0 amide bonds. The van der Waals surface area contributed by atoms with Crippen molar-refractivity contribution in [3.63, 3.8) is 0 Å². The van der Waals surface area contributed by atoms with Gasteiger partial charge >= 0.3 is 0 Å². The fraction of sp³-hybridized carbons (Fsp3) is 0.857. The van der Waals surface area contributed by atoms with Crippen LogP contribution in [-0.4, -0.2) is 51.7 Å². The molecular formula is C14H32N2Si. The lowest BCUT2D eigenvalue weighted by Crippen LogP contribution is -2.49. The van der Waals surface area contributed by atoms with Crippen LogP contribution in [0.25, 0.3) is 0 Å². The molecular weight excluding hydrogens is 224 g/mol. The van der Waals surface area contributed by atoms with Crippen LogP contribution < -0.4 is 0 Å². The van der Waals surface area contributed by atoms with Gasteiger partial charge in [-0.05, 0) is 45.1 Å². The monoisotopic (exact) mass is 256 g/mol. The van der Waals surface area contributed by atoms with E-state index >= 15 is 0 Å². The van der Waals surface area contributed by atoms with Crippen molar-refractivity contribution in [3.05, 3.63) is 12.3 Å². The smallest absolute Gasteiger partial charge is 0.0595 e. The van der Waals surface area contributed by atoms with E-state index in [9.17, 15) is 0 Å². The van der Waals surface area contributed by atoms with Gasteiger partial charge in [0.2, 0.25) is 0 Å². The number of hydrogen-bond acceptors (Lipinski definition) is 2. The zero-order valence-electron chi connectivity index (χ0n) is 12.4. The molecule has 0 aliphatic rings. The molecule has 0 aliphatic heterocycles. The number of nitrogens with zero attached hydrogens (tertiary/aromatic N) is 2. The summed E-state index contributed by atoms with van der Waals surface area (Å²) in [6.07, 6.45) is 3.17. The topological polar surface area (TPSA) is 6.48 Å². The third-order valence-electron chi connectivity index (χ3n) is 3.31. The first-order valence-electron chi connectivity index (χ1n) is 7.33. The summed E-state index contributed by atoms with van der Waals surface area (Å²) in [5, 5.41) is 0. The standard InChI is InChI=1S/C14H32N2Si/c1-6-11-15(8-3)14(13-17-10-5)16(9-4)12-7-2/h10,14H,5-9,11-13,17H2,1-4H3. The molecule has 0 saturated heterocycles. The quantitative estimate of drug-likeness (QED) is 0.414. The molecule has 0 aliphatic carbocycles. The highest BCUT2D eigenvalue weighted by Gasteiger charge is 2.21. The molecule has 0 bridgehead atoms. The van der Waals surface area contributed by atoms with E-state index in [4.69, 9.17) is 0 Å². The predicted octanol–water partition coefficient (Wildman–Crippen LogP) is 2.51. The number of hydrogen-bond donors (Lipinski definition) is 0. The molecule has 0 heterocycles. The second-order valence-electron chi connectivity index (χ2n) is 4.60. The Balaban J connectivity index is 4.59. The van der Waals surface area contributed by atoms with Gasteiger partial charge < -0.3 is 0 Å². The molecule has 2 nitrogen and oxygen atoms in total. The molecule has 0 rings (SSSR count). The van der Waals surface area contributed by atoms with Crippen molar-refractivity contribution < 1.29 is 0 Å². The van der Waals surface area contributed by atoms with Gasteiger partial charge in [-0.1, -0.05) is 27.7 Å². The van der Waals surface area contributed by atoms with Crippen LogP contribution in [0.2, 0.25) is 6.04 Å². The van der Waals surface area contributed by atoms with Crippen molar-refractivity contribution in [1.29, 1.82) is 0 Å². The van der Waals surface area contributed by atoms with Crippen LogP contribution in [0.5, 0.6) is 0 Å². The van der Waals surface area contributed by atoms with Crippen LogP contribution in [0.3, 0.4) is 0 Å². The van der Waals surface area contributed by atoms with Gasteiger partial charge in [0.25, 0.3) is 0 Å². The third-order valence-corrected chi connectivity index (χ3v) is 4.56. The summed E-state index contributed by atoms with van der Waals surface area (Å²) in [7, 11) is -0.0834. The van der Waals surface area contributed by atoms with Crippen molar-refractivity contribution in [2.75, 3.05) is 26.2 Å². The Morgan fingerprint density at radius 3 is 1.76 bits per heavy atom. The second-order valence-corrected chi connectivity index (χ2v) is 6.34. The van der Waals surface area contributed by atoms with Crippen molar-refractivity contribution in [2.45, 2.75) is 52.7 Å². The third kappa shape index (κ3) is 6.39. The Bertz CT molecular complexity index is 171. The molecule has 0 aromatic rings. The van der Waals surface area contributed by atoms with Crippen LogP contribution in [0.15, 0.2) is 12.3 Å². The van der Waals surface area contributed by atoms with Gasteiger partial charge in [-0.25, -0.2) is 0 Å². The molecule has 0 N–H and O–H groups in total. The minimum atomic E-state index is -0.0834. The van der Waals surface area contributed by atoms with Crippen LogP contribution in [0.1, 0.15) is 40.5 Å². The maximum absolute atomic E-state index is 3.92. The summed E-state index contributed by atoms with van der Waals surface area (Å²) in [6.45, 7) is 17.9. The average molecular weight is 257 g/mol. The minimum Gasteiger partial charge on any atom is -0.288 e. The number of rotatable bonds is 11. The zero-order chi connectivity index (χ0) is 13.1. The van der Waals surface area contributed by atoms with Gasteiger partial charge in [0.15, 0.2) is 0 Å². The van der Waals surface area contributed by atoms with E-state index in [1.165, 1.54) is 45.1 Å². The first kappa shape index (κ1) is 16.9. The van der Waals surface area contributed by atoms with Gasteiger partial charge in [-0.15, -0.1) is 12.3 Å². The summed E-state index contributed by atoms with van der Waals surface area (Å²) in [4.78, 5) is 5.30. The predicted molar refractivity (Wildman–Crippen MR) is 82.4 cm³/mol. The van der Waals surface area contributed by atoms with Crippen LogP contribution in [-0.2, 0) is 0 Å². The fourth-order valence-corrected chi connectivity index (χ4v) is 3.74. The van der Waals surface area contributed by atoms with Crippen LogP contribution in [0.4, 0.5) is 0 Å².